The van der Waals surface area contributed by atoms with E-state index < -0.39 is 29.6 Å². The fraction of sp³-hybridized carbons (Fsp3) is 0.233. The van der Waals surface area contributed by atoms with Gasteiger partial charge < -0.3 is 19.8 Å². The van der Waals surface area contributed by atoms with Crippen LogP contribution in [0.5, 0.6) is 0 Å². The maximum atomic E-state index is 13.5. The summed E-state index contributed by atoms with van der Waals surface area (Å²) in [5.41, 5.74) is 2.00. The molecule has 2 heterocycles. The highest BCUT2D eigenvalue weighted by atomic mass is 19.4. The highest BCUT2D eigenvalue weighted by molar-refractivity contribution is 5.99. The van der Waals surface area contributed by atoms with Crippen molar-refractivity contribution in [1.82, 2.24) is 15.3 Å². The number of dihydropyridines is 1. The third kappa shape index (κ3) is 6.51. The van der Waals surface area contributed by atoms with Gasteiger partial charge in [0.1, 0.15) is 12.4 Å². The molecule has 3 aromatic rings. The number of carbonyl (C=O) groups is 2. The van der Waals surface area contributed by atoms with Crippen molar-refractivity contribution in [3.05, 3.63) is 118 Å². The zero-order valence-electron chi connectivity index (χ0n) is 22.1. The number of nitrogens with one attached hydrogen (secondary N) is 2. The standard InChI is InChI=1S/C30H28F3N3O4/c1-18-25(28(37)39-3)27(22-7-4-8-23(17-22)30(31,32)33)26(19(2)36-18)29(38)40-15-5-6-20-9-11-21(12-10-20)16-24-34-13-14-35-24/h4-14,17,27,36H,15-16H2,1-3H3,(H,34,35)/b6-5+. The molecule has 2 aromatic carbocycles. The van der Waals surface area contributed by atoms with E-state index in [4.69, 9.17) is 9.47 Å². The second kappa shape index (κ2) is 12.1. The summed E-state index contributed by atoms with van der Waals surface area (Å²) in [6.45, 7) is 3.12. The monoisotopic (exact) mass is 551 g/mol. The van der Waals surface area contributed by atoms with E-state index in [1.165, 1.54) is 19.2 Å². The number of aromatic amines is 1. The average Bonchev–Trinajstić information content (AvgIpc) is 3.44. The van der Waals surface area contributed by atoms with E-state index >= 15 is 0 Å². The van der Waals surface area contributed by atoms with Gasteiger partial charge in [0, 0.05) is 30.2 Å². The second-order valence-corrected chi connectivity index (χ2v) is 9.21. The maximum Gasteiger partial charge on any atom is 0.416 e. The van der Waals surface area contributed by atoms with Gasteiger partial charge in [-0.15, -0.1) is 0 Å². The van der Waals surface area contributed by atoms with Gasteiger partial charge in [0.05, 0.1) is 29.7 Å². The Morgan fingerprint density at radius 1 is 1.02 bits per heavy atom. The number of carbonyl (C=O) groups excluding carboxylic acids is 2. The Morgan fingerprint density at radius 2 is 1.73 bits per heavy atom. The summed E-state index contributed by atoms with van der Waals surface area (Å²) in [6, 6.07) is 12.3. The van der Waals surface area contributed by atoms with E-state index in [2.05, 4.69) is 15.3 Å². The average molecular weight is 552 g/mol. The molecule has 0 fully saturated rings. The largest absolute Gasteiger partial charge is 0.466 e. The molecule has 10 heteroatoms. The number of imidazole rings is 1. The lowest BCUT2D eigenvalue weighted by Gasteiger charge is -2.30. The third-order valence-corrected chi connectivity index (χ3v) is 6.46. The predicted molar refractivity (Wildman–Crippen MR) is 143 cm³/mol. The first-order chi connectivity index (χ1) is 19.1. The molecule has 2 N–H and O–H groups in total. The topological polar surface area (TPSA) is 93.3 Å². The van der Waals surface area contributed by atoms with Gasteiger partial charge in [-0.3, -0.25) is 0 Å². The number of halogens is 3. The van der Waals surface area contributed by atoms with Crippen LogP contribution >= 0.6 is 0 Å². The summed E-state index contributed by atoms with van der Waals surface area (Å²) in [5, 5.41) is 2.97. The smallest absolute Gasteiger partial charge is 0.416 e. The van der Waals surface area contributed by atoms with Gasteiger partial charge >= 0.3 is 18.1 Å². The quantitative estimate of drug-likeness (QED) is 0.350. The van der Waals surface area contributed by atoms with Crippen molar-refractivity contribution in [1.29, 1.82) is 0 Å². The Bertz CT molecular complexity index is 1470. The highest BCUT2D eigenvalue weighted by Crippen LogP contribution is 2.41. The van der Waals surface area contributed by atoms with Crippen LogP contribution in [0.3, 0.4) is 0 Å². The van der Waals surface area contributed by atoms with E-state index in [0.717, 1.165) is 29.1 Å². The molecule has 0 radical (unpaired) electrons. The molecule has 0 saturated heterocycles. The zero-order valence-corrected chi connectivity index (χ0v) is 22.1. The SMILES string of the molecule is COC(=O)C1=C(C)NC(C)=C(C(=O)OC/C=C/c2ccc(Cc3ncc[nH]3)cc2)C1c1cccc(C(F)(F)F)c1. The normalized spacial score (nSPS) is 15.8. The van der Waals surface area contributed by atoms with Crippen LogP contribution in [0.1, 0.15) is 47.8 Å². The van der Waals surface area contributed by atoms with Crippen LogP contribution in [-0.4, -0.2) is 35.6 Å². The molecule has 1 unspecified atom stereocenters. The molecule has 0 spiro atoms. The molecule has 1 aliphatic heterocycles. The van der Waals surface area contributed by atoms with Crippen LogP contribution in [0.25, 0.3) is 6.08 Å². The lowest BCUT2D eigenvalue weighted by Crippen LogP contribution is -2.32. The molecular formula is C30H28F3N3O4. The Labute approximate surface area is 229 Å². The second-order valence-electron chi connectivity index (χ2n) is 9.21. The molecule has 1 aromatic heterocycles. The third-order valence-electron chi connectivity index (χ3n) is 6.46. The molecule has 0 amide bonds. The predicted octanol–water partition coefficient (Wildman–Crippen LogP) is 5.68. The molecule has 1 aliphatic rings. The number of allylic oxidation sites excluding steroid dienone is 2. The van der Waals surface area contributed by atoms with E-state index in [0.29, 0.717) is 17.8 Å². The van der Waals surface area contributed by atoms with Gasteiger partial charge in [0.15, 0.2) is 0 Å². The van der Waals surface area contributed by atoms with Gasteiger partial charge in [-0.1, -0.05) is 48.5 Å². The first-order valence-corrected chi connectivity index (χ1v) is 12.4. The van der Waals surface area contributed by atoms with Crippen molar-refractivity contribution in [2.45, 2.75) is 32.4 Å². The molecule has 1 atom stereocenters. The summed E-state index contributed by atoms with van der Waals surface area (Å²) in [6.07, 6.45) is 2.99. The van der Waals surface area contributed by atoms with Crippen molar-refractivity contribution < 1.29 is 32.2 Å². The molecule has 0 aliphatic carbocycles. The number of alkyl halides is 3. The zero-order chi connectivity index (χ0) is 28.9. The van der Waals surface area contributed by atoms with Gasteiger partial charge in [0.2, 0.25) is 0 Å². The van der Waals surface area contributed by atoms with E-state index in [-0.39, 0.29) is 23.3 Å². The van der Waals surface area contributed by atoms with Gasteiger partial charge in [-0.05, 0) is 42.7 Å². The Morgan fingerprint density at radius 3 is 2.35 bits per heavy atom. The molecule has 0 saturated carbocycles. The number of esters is 2. The van der Waals surface area contributed by atoms with Crippen LogP contribution in [-0.2, 0) is 31.7 Å². The van der Waals surface area contributed by atoms with E-state index in [9.17, 15) is 22.8 Å². The lowest BCUT2D eigenvalue weighted by atomic mass is 9.80. The lowest BCUT2D eigenvalue weighted by molar-refractivity contribution is -0.138. The van der Waals surface area contributed by atoms with Gasteiger partial charge in [-0.2, -0.15) is 13.2 Å². The number of aromatic nitrogens is 2. The van der Waals surface area contributed by atoms with Crippen LogP contribution in [0.2, 0.25) is 0 Å². The fourth-order valence-corrected chi connectivity index (χ4v) is 4.59. The maximum absolute atomic E-state index is 13.5. The number of methoxy groups -OCH3 is 1. The Kier molecular flexibility index (Phi) is 8.57. The van der Waals surface area contributed by atoms with Crippen LogP contribution in [0.15, 0.2) is 89.5 Å². The molecule has 7 nitrogen and oxygen atoms in total. The number of hydrogen-bond donors (Lipinski definition) is 2. The summed E-state index contributed by atoms with van der Waals surface area (Å²) in [4.78, 5) is 33.3. The van der Waals surface area contributed by atoms with Crippen molar-refractivity contribution >= 4 is 18.0 Å². The molecule has 4 rings (SSSR count). The number of H-pyrrole nitrogens is 1. The molecular weight excluding hydrogens is 523 g/mol. The molecule has 208 valence electrons. The Balaban J connectivity index is 1.52. The van der Waals surface area contributed by atoms with Crippen LogP contribution < -0.4 is 5.32 Å². The summed E-state index contributed by atoms with van der Waals surface area (Å²) in [5.74, 6) is -1.78. The van der Waals surface area contributed by atoms with Crippen molar-refractivity contribution in [3.8, 4) is 0 Å². The number of nitrogens with zero attached hydrogens (tertiary/aromatic N) is 1. The first kappa shape index (κ1) is 28.4. The summed E-state index contributed by atoms with van der Waals surface area (Å²) < 4.78 is 50.8. The number of benzene rings is 2. The Hall–Kier alpha value is -4.60. The van der Waals surface area contributed by atoms with Crippen molar-refractivity contribution in [3.63, 3.8) is 0 Å². The number of ether oxygens (including phenoxy) is 2. The minimum absolute atomic E-state index is 0.0287. The van der Waals surface area contributed by atoms with Crippen LogP contribution in [0.4, 0.5) is 13.2 Å². The van der Waals surface area contributed by atoms with Crippen molar-refractivity contribution in [2.24, 2.45) is 0 Å². The minimum atomic E-state index is -4.60. The fourth-order valence-electron chi connectivity index (χ4n) is 4.59. The van der Waals surface area contributed by atoms with E-state index in [1.54, 1.807) is 38.4 Å². The van der Waals surface area contributed by atoms with Gasteiger partial charge in [0.25, 0.3) is 0 Å². The molecule has 40 heavy (non-hydrogen) atoms. The number of hydrogen-bond acceptors (Lipinski definition) is 6. The summed E-state index contributed by atoms with van der Waals surface area (Å²) >= 11 is 0. The highest BCUT2D eigenvalue weighted by Gasteiger charge is 2.39. The molecule has 0 bridgehead atoms. The number of rotatable bonds is 8. The van der Waals surface area contributed by atoms with Crippen molar-refractivity contribution in [2.75, 3.05) is 13.7 Å². The summed E-state index contributed by atoms with van der Waals surface area (Å²) in [7, 11) is 1.17. The first-order valence-electron chi connectivity index (χ1n) is 12.4. The minimum Gasteiger partial charge on any atom is -0.466 e. The van der Waals surface area contributed by atoms with E-state index in [1.807, 2.05) is 24.3 Å². The van der Waals surface area contributed by atoms with Crippen LogP contribution in [0, 0.1) is 0 Å². The van der Waals surface area contributed by atoms with Gasteiger partial charge in [-0.25, -0.2) is 14.6 Å².